The van der Waals surface area contributed by atoms with Crippen LogP contribution in [0.3, 0.4) is 0 Å². The van der Waals surface area contributed by atoms with E-state index in [1.807, 2.05) is 30.3 Å². The Labute approximate surface area is 116 Å². The second-order valence-electron chi connectivity index (χ2n) is 4.30. The first-order valence-electron chi connectivity index (χ1n) is 6.26. The molecule has 1 fully saturated rings. The van der Waals surface area contributed by atoms with Crippen molar-refractivity contribution in [2.75, 3.05) is 19.8 Å². The SMILES string of the molecule is CC(=O)OCC(=O)OC1COC(c2ccccc2)OC1. The monoisotopic (exact) mass is 280 g/mol. The number of carbonyl (C=O) groups excluding carboxylic acids is 2. The molecule has 0 aliphatic carbocycles. The van der Waals surface area contributed by atoms with Gasteiger partial charge in [0.05, 0.1) is 13.2 Å². The van der Waals surface area contributed by atoms with Crippen LogP contribution >= 0.6 is 0 Å². The number of ether oxygens (including phenoxy) is 4. The Balaban J connectivity index is 1.74. The van der Waals surface area contributed by atoms with Gasteiger partial charge in [-0.15, -0.1) is 0 Å². The summed E-state index contributed by atoms with van der Waals surface area (Å²) in [4.78, 5) is 21.9. The maximum Gasteiger partial charge on any atom is 0.344 e. The maximum atomic E-state index is 11.4. The first-order chi connectivity index (χ1) is 9.65. The van der Waals surface area contributed by atoms with E-state index >= 15 is 0 Å². The molecule has 1 aliphatic rings. The largest absolute Gasteiger partial charge is 0.455 e. The fourth-order valence-corrected chi connectivity index (χ4v) is 1.74. The second-order valence-corrected chi connectivity index (χ2v) is 4.30. The molecule has 0 unspecified atom stereocenters. The Kier molecular flexibility index (Phi) is 5.09. The van der Waals surface area contributed by atoms with Crippen molar-refractivity contribution in [1.82, 2.24) is 0 Å². The van der Waals surface area contributed by atoms with E-state index in [-0.39, 0.29) is 13.2 Å². The van der Waals surface area contributed by atoms with E-state index in [0.717, 1.165) is 5.56 Å². The number of hydrogen-bond donors (Lipinski definition) is 0. The molecule has 6 heteroatoms. The smallest absolute Gasteiger partial charge is 0.344 e. The molecule has 1 aliphatic heterocycles. The summed E-state index contributed by atoms with van der Waals surface area (Å²) in [5, 5.41) is 0. The fourth-order valence-electron chi connectivity index (χ4n) is 1.74. The quantitative estimate of drug-likeness (QED) is 0.772. The predicted molar refractivity (Wildman–Crippen MR) is 67.6 cm³/mol. The van der Waals surface area contributed by atoms with Crippen LogP contribution in [0.1, 0.15) is 18.8 Å². The average Bonchev–Trinajstić information content (AvgIpc) is 2.47. The van der Waals surface area contributed by atoms with Crippen molar-refractivity contribution < 1.29 is 28.5 Å². The van der Waals surface area contributed by atoms with Gasteiger partial charge in [0.15, 0.2) is 12.9 Å². The van der Waals surface area contributed by atoms with Crippen LogP contribution in [0.15, 0.2) is 30.3 Å². The third-order valence-corrected chi connectivity index (χ3v) is 2.63. The lowest BCUT2D eigenvalue weighted by Gasteiger charge is -2.29. The van der Waals surface area contributed by atoms with Crippen LogP contribution in [0.2, 0.25) is 0 Å². The van der Waals surface area contributed by atoms with Gasteiger partial charge in [-0.25, -0.2) is 4.79 Å². The Morgan fingerprint density at radius 3 is 2.45 bits per heavy atom. The molecule has 6 nitrogen and oxygen atoms in total. The highest BCUT2D eigenvalue weighted by molar-refractivity contribution is 5.75. The van der Waals surface area contributed by atoms with Crippen molar-refractivity contribution in [2.24, 2.45) is 0 Å². The summed E-state index contributed by atoms with van der Waals surface area (Å²) in [6.07, 6.45) is -0.933. The molecule has 108 valence electrons. The summed E-state index contributed by atoms with van der Waals surface area (Å²) < 4.78 is 20.6. The van der Waals surface area contributed by atoms with Crippen LogP contribution < -0.4 is 0 Å². The van der Waals surface area contributed by atoms with E-state index in [4.69, 9.17) is 14.2 Å². The molecule has 1 aromatic carbocycles. The average molecular weight is 280 g/mol. The number of esters is 2. The zero-order valence-electron chi connectivity index (χ0n) is 11.1. The topological polar surface area (TPSA) is 71.1 Å². The summed E-state index contributed by atoms with van der Waals surface area (Å²) in [6.45, 7) is 1.31. The van der Waals surface area contributed by atoms with Crippen LogP contribution in [0, 0.1) is 0 Å². The lowest BCUT2D eigenvalue weighted by molar-refractivity contribution is -0.230. The zero-order valence-corrected chi connectivity index (χ0v) is 11.1. The molecule has 0 spiro atoms. The molecular formula is C14H16O6. The van der Waals surface area contributed by atoms with E-state index in [0.29, 0.717) is 0 Å². The third-order valence-electron chi connectivity index (χ3n) is 2.63. The minimum atomic E-state index is -0.615. The standard InChI is InChI=1S/C14H16O6/c1-10(15)17-9-13(16)20-12-7-18-14(19-8-12)11-5-3-2-4-6-11/h2-6,12,14H,7-9H2,1H3. The Hall–Kier alpha value is -1.92. The molecule has 20 heavy (non-hydrogen) atoms. The van der Waals surface area contributed by atoms with Crippen molar-refractivity contribution >= 4 is 11.9 Å². The molecule has 1 aromatic rings. The highest BCUT2D eigenvalue weighted by Gasteiger charge is 2.26. The minimum Gasteiger partial charge on any atom is -0.455 e. The van der Waals surface area contributed by atoms with Crippen molar-refractivity contribution in [3.05, 3.63) is 35.9 Å². The van der Waals surface area contributed by atoms with Crippen molar-refractivity contribution in [3.8, 4) is 0 Å². The van der Waals surface area contributed by atoms with Gasteiger partial charge in [0.1, 0.15) is 6.10 Å². The molecule has 0 amide bonds. The summed E-state index contributed by atoms with van der Waals surface area (Å²) >= 11 is 0. The lowest BCUT2D eigenvalue weighted by atomic mass is 10.2. The van der Waals surface area contributed by atoms with Gasteiger partial charge in [-0.2, -0.15) is 0 Å². The molecule has 2 rings (SSSR count). The highest BCUT2D eigenvalue weighted by atomic mass is 16.7. The first kappa shape index (κ1) is 14.5. The predicted octanol–water partition coefficient (Wildman–Crippen LogP) is 1.21. The Morgan fingerprint density at radius 1 is 1.20 bits per heavy atom. The lowest BCUT2D eigenvalue weighted by Crippen LogP contribution is -2.36. The zero-order chi connectivity index (χ0) is 14.4. The van der Waals surface area contributed by atoms with Gasteiger partial charge in [-0.05, 0) is 0 Å². The first-order valence-corrected chi connectivity index (χ1v) is 6.26. The molecule has 1 heterocycles. The van der Waals surface area contributed by atoms with Crippen LogP contribution in [0.4, 0.5) is 0 Å². The van der Waals surface area contributed by atoms with Crippen molar-refractivity contribution in [1.29, 1.82) is 0 Å². The molecule has 0 saturated carbocycles. The van der Waals surface area contributed by atoms with Crippen molar-refractivity contribution in [2.45, 2.75) is 19.3 Å². The summed E-state index contributed by atoms with van der Waals surface area (Å²) in [7, 11) is 0. The number of carbonyl (C=O) groups is 2. The van der Waals surface area contributed by atoms with Crippen LogP contribution in [-0.2, 0) is 28.5 Å². The van der Waals surface area contributed by atoms with Crippen molar-refractivity contribution in [3.63, 3.8) is 0 Å². The molecule has 0 radical (unpaired) electrons. The van der Waals surface area contributed by atoms with Gasteiger partial charge < -0.3 is 18.9 Å². The maximum absolute atomic E-state index is 11.4. The van der Waals surface area contributed by atoms with Gasteiger partial charge in [-0.3, -0.25) is 4.79 Å². The second kappa shape index (κ2) is 7.02. The normalized spacial score (nSPS) is 22.1. The summed E-state index contributed by atoms with van der Waals surface area (Å²) in [6, 6.07) is 9.50. The van der Waals surface area contributed by atoms with Crippen LogP contribution in [0.5, 0.6) is 0 Å². The summed E-state index contributed by atoms with van der Waals surface area (Å²) in [5.41, 5.74) is 0.914. The van der Waals surface area contributed by atoms with Gasteiger partial charge in [0.2, 0.25) is 0 Å². The minimum absolute atomic E-state index is 0.241. The Bertz CT molecular complexity index is 450. The fraction of sp³-hybridized carbons (Fsp3) is 0.429. The molecule has 0 bridgehead atoms. The van der Waals surface area contributed by atoms with Gasteiger partial charge in [0, 0.05) is 12.5 Å². The molecule has 0 N–H and O–H groups in total. The van der Waals surface area contributed by atoms with Gasteiger partial charge >= 0.3 is 11.9 Å². The number of rotatable bonds is 4. The third kappa shape index (κ3) is 4.32. The van der Waals surface area contributed by atoms with Crippen LogP contribution in [-0.4, -0.2) is 37.9 Å². The molecule has 0 aromatic heterocycles. The van der Waals surface area contributed by atoms with Gasteiger partial charge in [0.25, 0.3) is 0 Å². The summed E-state index contributed by atoms with van der Waals surface area (Å²) in [5.74, 6) is -1.14. The van der Waals surface area contributed by atoms with Gasteiger partial charge in [-0.1, -0.05) is 30.3 Å². The van der Waals surface area contributed by atoms with E-state index in [1.165, 1.54) is 6.92 Å². The van der Waals surface area contributed by atoms with E-state index < -0.39 is 30.9 Å². The molecule has 0 atom stereocenters. The Morgan fingerprint density at radius 2 is 1.85 bits per heavy atom. The number of benzene rings is 1. The molecule has 1 saturated heterocycles. The number of hydrogen-bond acceptors (Lipinski definition) is 6. The van der Waals surface area contributed by atoms with E-state index in [1.54, 1.807) is 0 Å². The highest BCUT2D eigenvalue weighted by Crippen LogP contribution is 2.23. The van der Waals surface area contributed by atoms with E-state index in [2.05, 4.69) is 4.74 Å². The van der Waals surface area contributed by atoms with E-state index in [9.17, 15) is 9.59 Å². The van der Waals surface area contributed by atoms with Crippen LogP contribution in [0.25, 0.3) is 0 Å². The molecular weight excluding hydrogens is 264 g/mol.